The molecular weight excluding hydrogens is 193 g/mol. The molecule has 0 amide bonds. The first-order valence-corrected chi connectivity index (χ1v) is 4.00. The Morgan fingerprint density at radius 2 is 1.93 bits per heavy atom. The van der Waals surface area contributed by atoms with Gasteiger partial charge in [0.15, 0.2) is 17.5 Å². The predicted octanol–water partition coefficient (Wildman–Crippen LogP) is 2.71. The summed E-state index contributed by atoms with van der Waals surface area (Å²) in [6, 6.07) is 1.79. The Labute approximate surface area is 79.5 Å². The van der Waals surface area contributed by atoms with Crippen LogP contribution in [0.2, 0.25) is 0 Å². The highest BCUT2D eigenvalue weighted by atomic mass is 19.2. The van der Waals surface area contributed by atoms with E-state index in [2.05, 4.69) is 6.58 Å². The minimum atomic E-state index is -1.56. The predicted molar refractivity (Wildman–Crippen MR) is 46.1 cm³/mol. The van der Waals surface area contributed by atoms with Gasteiger partial charge in [-0.1, -0.05) is 12.1 Å². The smallest absolute Gasteiger partial charge is 0.194 e. The molecule has 1 aromatic carbocycles. The van der Waals surface area contributed by atoms with Gasteiger partial charge in [0.2, 0.25) is 0 Å². The Bertz CT molecular complexity index is 349. The number of hydrogen-bond donors (Lipinski definition) is 1. The van der Waals surface area contributed by atoms with Crippen molar-refractivity contribution in [2.75, 3.05) is 0 Å². The van der Waals surface area contributed by atoms with Crippen molar-refractivity contribution in [2.24, 2.45) is 0 Å². The van der Waals surface area contributed by atoms with Gasteiger partial charge in [0, 0.05) is 5.56 Å². The molecule has 1 nitrogen and oxygen atoms in total. The van der Waals surface area contributed by atoms with E-state index in [1.54, 1.807) is 0 Å². The molecule has 14 heavy (non-hydrogen) atoms. The maximum Gasteiger partial charge on any atom is 0.194 e. The van der Waals surface area contributed by atoms with Gasteiger partial charge in [-0.2, -0.15) is 0 Å². The van der Waals surface area contributed by atoms with Crippen molar-refractivity contribution in [3.8, 4) is 0 Å². The van der Waals surface area contributed by atoms with Gasteiger partial charge in [0.25, 0.3) is 0 Å². The molecule has 76 valence electrons. The van der Waals surface area contributed by atoms with E-state index in [9.17, 15) is 18.3 Å². The molecule has 0 heterocycles. The largest absolute Gasteiger partial charge is 0.388 e. The van der Waals surface area contributed by atoms with E-state index in [1.165, 1.54) is 6.08 Å². The van der Waals surface area contributed by atoms with Crippen LogP contribution in [0.4, 0.5) is 13.2 Å². The van der Waals surface area contributed by atoms with Crippen LogP contribution < -0.4 is 0 Å². The Morgan fingerprint density at radius 3 is 2.50 bits per heavy atom. The van der Waals surface area contributed by atoms with Gasteiger partial charge in [-0.15, -0.1) is 6.58 Å². The molecule has 0 saturated carbocycles. The zero-order valence-corrected chi connectivity index (χ0v) is 7.30. The van der Waals surface area contributed by atoms with E-state index in [0.717, 1.165) is 12.1 Å². The first-order valence-electron chi connectivity index (χ1n) is 4.00. The highest BCUT2D eigenvalue weighted by Crippen LogP contribution is 2.23. The van der Waals surface area contributed by atoms with Gasteiger partial charge in [0.1, 0.15) is 0 Å². The normalized spacial score (nSPS) is 12.6. The lowest BCUT2D eigenvalue weighted by Crippen LogP contribution is -2.03. The monoisotopic (exact) mass is 202 g/mol. The molecule has 0 radical (unpaired) electrons. The summed E-state index contributed by atoms with van der Waals surface area (Å²) in [6.07, 6.45) is 0.260. The van der Waals surface area contributed by atoms with Crippen molar-refractivity contribution in [1.82, 2.24) is 0 Å². The van der Waals surface area contributed by atoms with Crippen LogP contribution in [0.5, 0.6) is 0 Å². The van der Waals surface area contributed by atoms with Crippen molar-refractivity contribution < 1.29 is 18.3 Å². The molecule has 0 bridgehead atoms. The Hall–Kier alpha value is -1.29. The van der Waals surface area contributed by atoms with E-state index >= 15 is 0 Å². The lowest BCUT2D eigenvalue weighted by Gasteiger charge is -2.09. The summed E-state index contributed by atoms with van der Waals surface area (Å²) in [6.45, 7) is 3.35. The average molecular weight is 202 g/mol. The van der Waals surface area contributed by atoms with Crippen LogP contribution in [0.15, 0.2) is 24.8 Å². The molecule has 0 spiro atoms. The standard InChI is InChI=1S/C10H9F3O/c1-2-3-8(14)6-4-5-7(11)10(13)9(6)12/h2,4-5,8,14H,1,3H2. The summed E-state index contributed by atoms with van der Waals surface area (Å²) in [5.74, 6) is -4.18. The molecule has 0 aromatic heterocycles. The lowest BCUT2D eigenvalue weighted by atomic mass is 10.1. The molecular formula is C10H9F3O. The fraction of sp³-hybridized carbons (Fsp3) is 0.200. The third-order valence-corrected chi connectivity index (χ3v) is 1.81. The number of aliphatic hydroxyl groups excluding tert-OH is 1. The van der Waals surface area contributed by atoms with Crippen molar-refractivity contribution in [1.29, 1.82) is 0 Å². The highest BCUT2D eigenvalue weighted by Gasteiger charge is 2.17. The topological polar surface area (TPSA) is 20.2 Å². The van der Waals surface area contributed by atoms with Gasteiger partial charge >= 0.3 is 0 Å². The summed E-state index contributed by atoms with van der Waals surface area (Å²) < 4.78 is 38.2. The summed E-state index contributed by atoms with van der Waals surface area (Å²) >= 11 is 0. The van der Waals surface area contributed by atoms with Gasteiger partial charge in [-0.25, -0.2) is 13.2 Å². The van der Waals surface area contributed by atoms with E-state index in [-0.39, 0.29) is 12.0 Å². The Balaban J connectivity index is 3.10. The number of aliphatic hydroxyl groups is 1. The molecule has 0 fully saturated rings. The average Bonchev–Trinajstić information content (AvgIpc) is 2.15. The molecule has 0 saturated heterocycles. The van der Waals surface area contributed by atoms with Crippen molar-refractivity contribution in [3.63, 3.8) is 0 Å². The van der Waals surface area contributed by atoms with Crippen LogP contribution in [-0.2, 0) is 0 Å². The van der Waals surface area contributed by atoms with Gasteiger partial charge < -0.3 is 5.11 Å². The van der Waals surface area contributed by atoms with Crippen LogP contribution in [-0.4, -0.2) is 5.11 Å². The number of benzene rings is 1. The van der Waals surface area contributed by atoms with Gasteiger partial charge in [-0.05, 0) is 12.5 Å². The second kappa shape index (κ2) is 4.28. The quantitative estimate of drug-likeness (QED) is 0.590. The number of halogens is 3. The minimum Gasteiger partial charge on any atom is -0.388 e. The highest BCUT2D eigenvalue weighted by molar-refractivity contribution is 5.22. The van der Waals surface area contributed by atoms with Crippen molar-refractivity contribution in [2.45, 2.75) is 12.5 Å². The van der Waals surface area contributed by atoms with Gasteiger partial charge in [-0.3, -0.25) is 0 Å². The zero-order valence-electron chi connectivity index (χ0n) is 7.30. The molecule has 1 atom stereocenters. The molecule has 1 rings (SSSR count). The second-order valence-electron chi connectivity index (χ2n) is 2.80. The number of rotatable bonds is 3. The van der Waals surface area contributed by atoms with Crippen molar-refractivity contribution >= 4 is 0 Å². The maximum atomic E-state index is 13.0. The van der Waals surface area contributed by atoms with Crippen LogP contribution in [0.25, 0.3) is 0 Å². The Kier molecular flexibility index (Phi) is 3.30. The molecule has 0 aliphatic rings. The number of hydrogen-bond acceptors (Lipinski definition) is 1. The molecule has 1 unspecified atom stereocenters. The third-order valence-electron chi connectivity index (χ3n) is 1.81. The van der Waals surface area contributed by atoms with Crippen LogP contribution in [0.3, 0.4) is 0 Å². The molecule has 0 aliphatic carbocycles. The maximum absolute atomic E-state index is 13.0. The van der Waals surface area contributed by atoms with E-state index in [1.807, 2.05) is 0 Å². The summed E-state index contributed by atoms with van der Waals surface area (Å²) in [4.78, 5) is 0. The third kappa shape index (κ3) is 1.96. The lowest BCUT2D eigenvalue weighted by molar-refractivity contribution is 0.175. The van der Waals surface area contributed by atoms with E-state index < -0.39 is 23.6 Å². The summed E-state index contributed by atoms with van der Waals surface area (Å²) in [5, 5.41) is 9.32. The SMILES string of the molecule is C=CCC(O)c1ccc(F)c(F)c1F. The zero-order chi connectivity index (χ0) is 10.7. The first-order chi connectivity index (χ1) is 6.57. The first kappa shape index (κ1) is 10.8. The fourth-order valence-corrected chi connectivity index (χ4v) is 1.08. The molecule has 1 N–H and O–H groups in total. The van der Waals surface area contributed by atoms with Crippen LogP contribution in [0, 0.1) is 17.5 Å². The van der Waals surface area contributed by atoms with E-state index in [4.69, 9.17) is 0 Å². The Morgan fingerprint density at radius 1 is 1.29 bits per heavy atom. The molecule has 0 aliphatic heterocycles. The van der Waals surface area contributed by atoms with E-state index in [0.29, 0.717) is 0 Å². The van der Waals surface area contributed by atoms with Crippen LogP contribution in [0.1, 0.15) is 18.1 Å². The summed E-state index contributed by atoms with van der Waals surface area (Å²) in [7, 11) is 0. The summed E-state index contributed by atoms with van der Waals surface area (Å²) in [5.41, 5.74) is -0.260. The molecule has 4 heteroatoms. The molecule has 1 aromatic rings. The minimum absolute atomic E-state index is 0.0853. The van der Waals surface area contributed by atoms with Gasteiger partial charge in [0.05, 0.1) is 6.10 Å². The second-order valence-corrected chi connectivity index (χ2v) is 2.80. The van der Waals surface area contributed by atoms with Crippen molar-refractivity contribution in [3.05, 3.63) is 47.8 Å². The fourth-order valence-electron chi connectivity index (χ4n) is 1.08. The van der Waals surface area contributed by atoms with Crippen LogP contribution >= 0.6 is 0 Å².